The smallest absolute Gasteiger partial charge is 0.128 e. The SMILES string of the molecule is CCCCCCCc1ccc(-c2cnc(CC[C@H]3CC[C@H](CCCCC)CC3)nc2C)cc1. The molecule has 0 spiro atoms. The highest BCUT2D eigenvalue weighted by Gasteiger charge is 2.21. The van der Waals surface area contributed by atoms with Gasteiger partial charge in [0, 0.05) is 23.9 Å². The first-order chi connectivity index (χ1) is 16.2. The van der Waals surface area contributed by atoms with E-state index in [4.69, 9.17) is 9.97 Å². The van der Waals surface area contributed by atoms with Crippen molar-refractivity contribution in [2.24, 2.45) is 11.8 Å². The summed E-state index contributed by atoms with van der Waals surface area (Å²) in [4.78, 5) is 9.64. The Morgan fingerprint density at radius 2 is 1.36 bits per heavy atom. The molecule has 0 bridgehead atoms. The molecule has 0 radical (unpaired) electrons. The van der Waals surface area contributed by atoms with E-state index in [1.54, 1.807) is 0 Å². The number of nitrogens with zero attached hydrogens (tertiary/aromatic N) is 2. The molecule has 0 amide bonds. The van der Waals surface area contributed by atoms with E-state index in [0.29, 0.717) is 0 Å². The molecule has 0 atom stereocenters. The van der Waals surface area contributed by atoms with Gasteiger partial charge in [0.05, 0.1) is 0 Å². The maximum atomic E-state index is 4.89. The lowest BCUT2D eigenvalue weighted by Gasteiger charge is -2.28. The van der Waals surface area contributed by atoms with Crippen molar-refractivity contribution < 1.29 is 0 Å². The number of hydrogen-bond donors (Lipinski definition) is 0. The van der Waals surface area contributed by atoms with E-state index >= 15 is 0 Å². The molecule has 0 aliphatic heterocycles. The van der Waals surface area contributed by atoms with E-state index in [0.717, 1.165) is 29.8 Å². The lowest BCUT2D eigenvalue weighted by Crippen LogP contribution is -2.15. The normalized spacial score (nSPS) is 18.5. The number of aryl methyl sites for hydroxylation is 3. The zero-order valence-corrected chi connectivity index (χ0v) is 21.7. The van der Waals surface area contributed by atoms with Gasteiger partial charge in [-0.15, -0.1) is 0 Å². The molecule has 1 heterocycles. The Morgan fingerprint density at radius 1 is 0.727 bits per heavy atom. The van der Waals surface area contributed by atoms with E-state index in [2.05, 4.69) is 51.2 Å². The number of aromatic nitrogens is 2. The minimum atomic E-state index is 0.880. The molecule has 0 N–H and O–H groups in total. The molecule has 1 aromatic carbocycles. The summed E-state index contributed by atoms with van der Waals surface area (Å²) in [6.07, 6.45) is 23.6. The first-order valence-corrected chi connectivity index (χ1v) is 14.1. The predicted octanol–water partition coefficient (Wildman–Crippen LogP) is 9.28. The van der Waals surface area contributed by atoms with Gasteiger partial charge in [0.2, 0.25) is 0 Å². The Labute approximate surface area is 204 Å². The lowest BCUT2D eigenvalue weighted by molar-refractivity contribution is 0.248. The van der Waals surface area contributed by atoms with Crippen LogP contribution in [0.3, 0.4) is 0 Å². The molecule has 0 unspecified atom stereocenters. The van der Waals surface area contributed by atoms with Crippen molar-refractivity contribution in [3.63, 3.8) is 0 Å². The fraction of sp³-hybridized carbons (Fsp3) is 0.677. The van der Waals surface area contributed by atoms with Crippen molar-refractivity contribution in [3.05, 3.63) is 47.5 Å². The fourth-order valence-corrected chi connectivity index (χ4v) is 5.53. The van der Waals surface area contributed by atoms with Crippen molar-refractivity contribution in [3.8, 4) is 11.1 Å². The molecule has 2 aromatic rings. The van der Waals surface area contributed by atoms with E-state index in [9.17, 15) is 0 Å². The van der Waals surface area contributed by atoms with Crippen LogP contribution in [-0.4, -0.2) is 9.97 Å². The van der Waals surface area contributed by atoms with Crippen LogP contribution in [-0.2, 0) is 12.8 Å². The third-order valence-electron chi connectivity index (χ3n) is 7.82. The number of unbranched alkanes of at least 4 members (excludes halogenated alkanes) is 6. The summed E-state index contributed by atoms with van der Waals surface area (Å²) in [5.74, 6) is 2.91. The van der Waals surface area contributed by atoms with Gasteiger partial charge in [0.15, 0.2) is 0 Å². The summed E-state index contributed by atoms with van der Waals surface area (Å²) in [5, 5.41) is 0. The van der Waals surface area contributed by atoms with E-state index in [-0.39, 0.29) is 0 Å². The standard InChI is InChI=1S/C31H48N2/c1-4-6-8-9-11-13-27-18-21-29(22-19-27)30-24-32-31(33-25(30)3)23-20-28-16-14-26(15-17-28)12-10-7-5-2/h18-19,21-22,24,26,28H,4-17,20,23H2,1-3H3/t26-,28-. The van der Waals surface area contributed by atoms with Gasteiger partial charge in [-0.25, -0.2) is 9.97 Å². The summed E-state index contributed by atoms with van der Waals surface area (Å²) in [6.45, 7) is 6.72. The second-order valence-electron chi connectivity index (χ2n) is 10.6. The molecule has 0 saturated heterocycles. The average molecular weight is 449 g/mol. The van der Waals surface area contributed by atoms with Crippen LogP contribution in [0.15, 0.2) is 30.5 Å². The molecule has 1 fully saturated rings. The van der Waals surface area contributed by atoms with Gasteiger partial charge in [-0.05, 0) is 49.1 Å². The third-order valence-corrected chi connectivity index (χ3v) is 7.82. The minimum absolute atomic E-state index is 0.880. The molecule has 1 aliphatic carbocycles. The Morgan fingerprint density at radius 3 is 2.03 bits per heavy atom. The van der Waals surface area contributed by atoms with Crippen LogP contribution in [0, 0.1) is 18.8 Å². The Hall–Kier alpha value is -1.70. The first kappa shape index (κ1) is 25.9. The van der Waals surface area contributed by atoms with Gasteiger partial charge in [0.25, 0.3) is 0 Å². The van der Waals surface area contributed by atoms with Crippen LogP contribution >= 0.6 is 0 Å². The Balaban J connectivity index is 1.43. The second-order valence-corrected chi connectivity index (χ2v) is 10.6. The van der Waals surface area contributed by atoms with Crippen molar-refractivity contribution in [1.82, 2.24) is 9.97 Å². The number of rotatable bonds is 14. The topological polar surface area (TPSA) is 25.8 Å². The van der Waals surface area contributed by atoms with Crippen LogP contribution in [0.2, 0.25) is 0 Å². The second kappa shape index (κ2) is 14.5. The van der Waals surface area contributed by atoms with Crippen molar-refractivity contribution in [2.75, 3.05) is 0 Å². The third kappa shape index (κ3) is 8.87. The predicted molar refractivity (Wildman–Crippen MR) is 143 cm³/mol. The summed E-state index contributed by atoms with van der Waals surface area (Å²) < 4.78 is 0. The molecular formula is C31H48N2. The Kier molecular flexibility index (Phi) is 11.4. The van der Waals surface area contributed by atoms with Crippen LogP contribution < -0.4 is 0 Å². The van der Waals surface area contributed by atoms with E-state index in [1.807, 2.05) is 0 Å². The fourth-order valence-electron chi connectivity index (χ4n) is 5.53. The van der Waals surface area contributed by atoms with Crippen LogP contribution in [0.5, 0.6) is 0 Å². The molecule has 33 heavy (non-hydrogen) atoms. The zero-order valence-electron chi connectivity index (χ0n) is 21.7. The minimum Gasteiger partial charge on any atom is -0.241 e. The van der Waals surface area contributed by atoms with Gasteiger partial charge >= 0.3 is 0 Å². The van der Waals surface area contributed by atoms with Gasteiger partial charge < -0.3 is 0 Å². The lowest BCUT2D eigenvalue weighted by atomic mass is 9.78. The molecule has 182 valence electrons. The number of benzene rings is 1. The zero-order chi connectivity index (χ0) is 23.3. The van der Waals surface area contributed by atoms with Crippen LogP contribution in [0.25, 0.3) is 11.1 Å². The van der Waals surface area contributed by atoms with Crippen molar-refractivity contribution in [1.29, 1.82) is 0 Å². The van der Waals surface area contributed by atoms with Gasteiger partial charge in [0.1, 0.15) is 5.82 Å². The molecule has 1 aromatic heterocycles. The van der Waals surface area contributed by atoms with E-state index in [1.165, 1.54) is 113 Å². The maximum Gasteiger partial charge on any atom is 0.128 e. The maximum absolute atomic E-state index is 4.89. The highest BCUT2D eigenvalue weighted by Crippen LogP contribution is 2.34. The highest BCUT2D eigenvalue weighted by molar-refractivity contribution is 5.65. The van der Waals surface area contributed by atoms with Gasteiger partial charge in [-0.3, -0.25) is 0 Å². The summed E-state index contributed by atoms with van der Waals surface area (Å²) in [5.41, 5.74) is 4.99. The summed E-state index contributed by atoms with van der Waals surface area (Å²) in [6, 6.07) is 9.10. The molecule has 1 aliphatic rings. The van der Waals surface area contributed by atoms with Crippen molar-refractivity contribution in [2.45, 2.75) is 124 Å². The molecule has 3 rings (SSSR count). The largest absolute Gasteiger partial charge is 0.241 e. The molecule has 1 saturated carbocycles. The molecule has 2 heteroatoms. The first-order valence-electron chi connectivity index (χ1n) is 14.1. The quantitative estimate of drug-likeness (QED) is 0.269. The van der Waals surface area contributed by atoms with Crippen molar-refractivity contribution >= 4 is 0 Å². The van der Waals surface area contributed by atoms with E-state index < -0.39 is 0 Å². The van der Waals surface area contributed by atoms with Crippen LogP contribution in [0.4, 0.5) is 0 Å². The molecule has 2 nitrogen and oxygen atoms in total. The van der Waals surface area contributed by atoms with Gasteiger partial charge in [-0.1, -0.05) is 115 Å². The van der Waals surface area contributed by atoms with Crippen LogP contribution in [0.1, 0.15) is 121 Å². The monoisotopic (exact) mass is 448 g/mol. The van der Waals surface area contributed by atoms with Gasteiger partial charge in [-0.2, -0.15) is 0 Å². The highest BCUT2D eigenvalue weighted by atomic mass is 14.9. The summed E-state index contributed by atoms with van der Waals surface area (Å²) in [7, 11) is 0. The number of hydrogen-bond acceptors (Lipinski definition) is 2. The molecular weight excluding hydrogens is 400 g/mol. The Bertz CT molecular complexity index is 787. The average Bonchev–Trinajstić information content (AvgIpc) is 2.84. The summed E-state index contributed by atoms with van der Waals surface area (Å²) >= 11 is 0.